The fraction of sp³-hybridized carbons (Fsp3) is 0.474. The van der Waals surface area contributed by atoms with Crippen molar-refractivity contribution in [3.63, 3.8) is 0 Å². The minimum Gasteiger partial charge on any atom is -0.328 e. The number of amides is 1. The second-order valence-corrected chi connectivity index (χ2v) is 7.68. The smallest absolute Gasteiger partial charge is 0.328 e. The molecular formula is C19H18F6N4O. The highest BCUT2D eigenvalue weighted by Gasteiger charge is 2.47. The second kappa shape index (κ2) is 7.29. The predicted octanol–water partition coefficient (Wildman–Crippen LogP) is 3.33. The van der Waals surface area contributed by atoms with Crippen LogP contribution in [-0.2, 0) is 23.9 Å². The van der Waals surface area contributed by atoms with Crippen molar-refractivity contribution in [2.45, 2.75) is 56.5 Å². The van der Waals surface area contributed by atoms with Gasteiger partial charge in [0.2, 0.25) is 5.91 Å². The molecular weight excluding hydrogens is 414 g/mol. The van der Waals surface area contributed by atoms with Gasteiger partial charge in [-0.25, -0.2) is 18.2 Å². The fourth-order valence-corrected chi connectivity index (χ4v) is 4.38. The lowest BCUT2D eigenvalue weighted by Crippen LogP contribution is -2.46. The number of rotatable bonds is 4. The third-order valence-electron chi connectivity index (χ3n) is 5.67. The Balaban J connectivity index is 1.48. The van der Waals surface area contributed by atoms with Gasteiger partial charge in [-0.15, -0.1) is 0 Å². The van der Waals surface area contributed by atoms with Crippen molar-refractivity contribution in [2.75, 3.05) is 0 Å². The summed E-state index contributed by atoms with van der Waals surface area (Å²) >= 11 is 0. The third-order valence-corrected chi connectivity index (χ3v) is 5.67. The molecule has 4 rings (SSSR count). The lowest BCUT2D eigenvalue weighted by molar-refractivity contribution is -0.145. The summed E-state index contributed by atoms with van der Waals surface area (Å²) in [6.45, 7) is -0.0144. The highest BCUT2D eigenvalue weighted by atomic mass is 19.4. The number of nitrogens with two attached hydrogens (primary N) is 1. The van der Waals surface area contributed by atoms with Crippen molar-refractivity contribution >= 4 is 5.91 Å². The number of carbonyl (C=O) groups excluding carboxylic acids is 1. The van der Waals surface area contributed by atoms with Gasteiger partial charge in [0.1, 0.15) is 17.3 Å². The molecule has 3 heterocycles. The van der Waals surface area contributed by atoms with E-state index in [1.54, 1.807) is 0 Å². The van der Waals surface area contributed by atoms with E-state index in [1.807, 2.05) is 0 Å². The molecule has 0 saturated carbocycles. The monoisotopic (exact) mass is 432 g/mol. The number of hydrogen-bond acceptors (Lipinski definition) is 3. The van der Waals surface area contributed by atoms with Crippen LogP contribution < -0.4 is 5.73 Å². The van der Waals surface area contributed by atoms with E-state index in [2.05, 4.69) is 4.98 Å². The summed E-state index contributed by atoms with van der Waals surface area (Å²) in [6, 6.07) is -0.752. The van der Waals surface area contributed by atoms with Crippen molar-refractivity contribution in [3.05, 3.63) is 52.9 Å². The van der Waals surface area contributed by atoms with Crippen LogP contribution >= 0.6 is 0 Å². The van der Waals surface area contributed by atoms with E-state index in [4.69, 9.17) is 5.73 Å². The van der Waals surface area contributed by atoms with Crippen molar-refractivity contribution in [3.8, 4) is 0 Å². The van der Waals surface area contributed by atoms with E-state index in [-0.39, 0.29) is 36.7 Å². The Labute approximate surface area is 167 Å². The first-order chi connectivity index (χ1) is 14.1. The van der Waals surface area contributed by atoms with Gasteiger partial charge in [0.25, 0.3) is 0 Å². The third kappa shape index (κ3) is 3.55. The normalized spacial score (nSPS) is 21.6. The largest absolute Gasteiger partial charge is 0.433 e. The lowest BCUT2D eigenvalue weighted by atomic mass is 10.0. The fourth-order valence-electron chi connectivity index (χ4n) is 4.38. The number of alkyl halides is 3. The Morgan fingerprint density at radius 1 is 1.17 bits per heavy atom. The molecule has 0 spiro atoms. The summed E-state index contributed by atoms with van der Waals surface area (Å²) in [5, 5.41) is 0. The first-order valence-electron chi connectivity index (χ1n) is 9.39. The van der Waals surface area contributed by atoms with E-state index in [1.165, 1.54) is 4.90 Å². The maximum absolute atomic E-state index is 13.8. The Morgan fingerprint density at radius 3 is 2.57 bits per heavy atom. The van der Waals surface area contributed by atoms with Crippen LogP contribution in [0.15, 0.2) is 18.3 Å². The predicted molar refractivity (Wildman–Crippen MR) is 92.5 cm³/mol. The number of imidazole rings is 1. The van der Waals surface area contributed by atoms with Crippen molar-refractivity contribution in [1.82, 2.24) is 14.5 Å². The Bertz CT molecular complexity index is 988. The highest BCUT2D eigenvalue weighted by Crippen LogP contribution is 2.43. The average Bonchev–Trinajstić information content (AvgIpc) is 3.21. The van der Waals surface area contributed by atoms with Gasteiger partial charge in [-0.3, -0.25) is 4.79 Å². The number of halogens is 6. The zero-order chi connectivity index (χ0) is 21.8. The van der Waals surface area contributed by atoms with Gasteiger partial charge in [0.05, 0.1) is 18.3 Å². The number of benzene rings is 1. The molecule has 3 atom stereocenters. The first-order valence-corrected chi connectivity index (χ1v) is 9.39. The Morgan fingerprint density at radius 2 is 1.87 bits per heavy atom. The van der Waals surface area contributed by atoms with Gasteiger partial charge in [-0.1, -0.05) is 0 Å². The van der Waals surface area contributed by atoms with E-state index in [0.29, 0.717) is 25.0 Å². The molecule has 2 aromatic rings. The molecule has 1 amide bonds. The molecule has 0 unspecified atom stereocenters. The molecule has 2 bridgehead atoms. The van der Waals surface area contributed by atoms with Crippen LogP contribution in [0.25, 0.3) is 0 Å². The van der Waals surface area contributed by atoms with E-state index in [0.717, 1.165) is 10.8 Å². The summed E-state index contributed by atoms with van der Waals surface area (Å²) < 4.78 is 80.8. The number of fused-ring (bicyclic) bond motifs is 4. The molecule has 2 aliphatic heterocycles. The van der Waals surface area contributed by atoms with Crippen LogP contribution in [0.3, 0.4) is 0 Å². The molecule has 1 aromatic carbocycles. The molecule has 30 heavy (non-hydrogen) atoms. The van der Waals surface area contributed by atoms with Gasteiger partial charge in [-0.2, -0.15) is 13.2 Å². The zero-order valence-electron chi connectivity index (χ0n) is 15.6. The van der Waals surface area contributed by atoms with Crippen molar-refractivity contribution < 1.29 is 31.1 Å². The molecule has 11 heteroatoms. The average molecular weight is 432 g/mol. The molecule has 2 N–H and O–H groups in total. The summed E-state index contributed by atoms with van der Waals surface area (Å²) in [7, 11) is 0. The van der Waals surface area contributed by atoms with Crippen LogP contribution in [0.1, 0.15) is 42.4 Å². The highest BCUT2D eigenvalue weighted by molar-refractivity contribution is 5.78. The summed E-state index contributed by atoms with van der Waals surface area (Å²) in [5.74, 6) is -3.70. The standard InChI is InChI=1S/C19H18F6N4O/c20-12-6-14(22)13(21)4-9(12)3-10(26)5-17(30)29-11-1-2-15(29)18-27-7-16(19(23,24)25)28(18)8-11/h4,6-7,10-11,15H,1-3,5,8,26H2/t10-,11+,15+/m1/s1. The maximum Gasteiger partial charge on any atom is 0.433 e. The lowest BCUT2D eigenvalue weighted by Gasteiger charge is -2.36. The van der Waals surface area contributed by atoms with Crippen LogP contribution in [-0.4, -0.2) is 32.4 Å². The van der Waals surface area contributed by atoms with Crippen LogP contribution in [0.4, 0.5) is 26.3 Å². The molecule has 162 valence electrons. The van der Waals surface area contributed by atoms with Gasteiger partial charge in [0, 0.05) is 25.1 Å². The van der Waals surface area contributed by atoms with Crippen molar-refractivity contribution in [1.29, 1.82) is 0 Å². The quantitative estimate of drug-likeness (QED) is 0.596. The van der Waals surface area contributed by atoms with Gasteiger partial charge < -0.3 is 15.2 Å². The number of carbonyl (C=O) groups is 1. The Hall–Kier alpha value is -2.56. The van der Waals surface area contributed by atoms with Gasteiger partial charge in [-0.05, 0) is 30.9 Å². The van der Waals surface area contributed by atoms with Crippen LogP contribution in [0.5, 0.6) is 0 Å². The molecule has 2 aliphatic rings. The summed E-state index contributed by atoms with van der Waals surface area (Å²) in [4.78, 5) is 18.2. The van der Waals surface area contributed by atoms with E-state index >= 15 is 0 Å². The topological polar surface area (TPSA) is 64.2 Å². The molecule has 1 saturated heterocycles. The van der Waals surface area contributed by atoms with Crippen molar-refractivity contribution in [2.24, 2.45) is 5.73 Å². The number of aromatic nitrogens is 2. The van der Waals surface area contributed by atoms with Crippen LogP contribution in [0, 0.1) is 17.5 Å². The van der Waals surface area contributed by atoms with Crippen LogP contribution in [0.2, 0.25) is 0 Å². The van der Waals surface area contributed by atoms with Gasteiger partial charge in [0.15, 0.2) is 11.6 Å². The zero-order valence-corrected chi connectivity index (χ0v) is 15.6. The number of hydrogen-bond donors (Lipinski definition) is 1. The molecule has 0 aliphatic carbocycles. The maximum atomic E-state index is 13.8. The summed E-state index contributed by atoms with van der Waals surface area (Å²) in [6.07, 6.45) is -3.14. The summed E-state index contributed by atoms with van der Waals surface area (Å²) in [5.41, 5.74) is 4.95. The van der Waals surface area contributed by atoms with Gasteiger partial charge >= 0.3 is 6.18 Å². The SMILES string of the molecule is N[C@@H](CC(=O)N1[C@H]2CC[C@H]1c1ncc(C(F)(F)F)n1C2)Cc1cc(F)c(F)cc1F. The Kier molecular flexibility index (Phi) is 5.03. The minimum absolute atomic E-state index is 0.0144. The molecule has 5 nitrogen and oxygen atoms in total. The molecule has 1 aromatic heterocycles. The molecule has 1 fully saturated rings. The van der Waals surface area contributed by atoms with E-state index in [9.17, 15) is 31.1 Å². The second-order valence-electron chi connectivity index (χ2n) is 7.68. The first kappa shape index (κ1) is 20.7. The minimum atomic E-state index is -4.53. The number of nitrogens with zero attached hydrogens (tertiary/aromatic N) is 3. The van der Waals surface area contributed by atoms with E-state index < -0.39 is 47.4 Å². The molecule has 0 radical (unpaired) electrons.